The lowest BCUT2D eigenvalue weighted by Gasteiger charge is -2.04. The highest BCUT2D eigenvalue weighted by molar-refractivity contribution is 9.10. The zero-order valence-corrected chi connectivity index (χ0v) is 14.2. The summed E-state index contributed by atoms with van der Waals surface area (Å²) in [4.78, 5) is 12.5. The Balaban J connectivity index is 2.04. The molecule has 112 valence electrons. The molecule has 0 radical (unpaired) electrons. The standard InChI is InChI=1S/C12H8BrClFNO3S2/c13-9-3-1-7(5-10(9)15)12(17)16-6-8-2-4-11(20-8)21(14,18)19/h1-5H,6H2,(H,16,17). The fourth-order valence-corrected chi connectivity index (χ4v) is 3.80. The Kier molecular flexibility index (Phi) is 5.03. The Hall–Kier alpha value is -0.960. The zero-order chi connectivity index (χ0) is 15.6. The molecule has 21 heavy (non-hydrogen) atoms. The zero-order valence-electron chi connectivity index (χ0n) is 10.3. The molecule has 9 heteroatoms. The van der Waals surface area contributed by atoms with Crippen LogP contribution in [0, 0.1) is 5.82 Å². The monoisotopic (exact) mass is 411 g/mol. The van der Waals surface area contributed by atoms with Crippen molar-refractivity contribution in [3.8, 4) is 0 Å². The number of thiophene rings is 1. The topological polar surface area (TPSA) is 63.2 Å². The molecule has 0 unspecified atom stereocenters. The van der Waals surface area contributed by atoms with Crippen LogP contribution in [0.5, 0.6) is 0 Å². The summed E-state index contributed by atoms with van der Waals surface area (Å²) in [5.74, 6) is -0.987. The number of hydrogen-bond donors (Lipinski definition) is 1. The second-order valence-corrected chi connectivity index (χ2v) is 8.79. The van der Waals surface area contributed by atoms with E-state index in [9.17, 15) is 17.6 Å². The molecule has 0 aliphatic rings. The van der Waals surface area contributed by atoms with Gasteiger partial charge >= 0.3 is 0 Å². The second kappa shape index (κ2) is 6.43. The third-order valence-electron chi connectivity index (χ3n) is 2.48. The van der Waals surface area contributed by atoms with Crippen molar-refractivity contribution in [1.82, 2.24) is 5.32 Å². The molecule has 1 aromatic carbocycles. The van der Waals surface area contributed by atoms with Gasteiger partial charge in [0.25, 0.3) is 15.0 Å². The van der Waals surface area contributed by atoms with Gasteiger partial charge in [0.1, 0.15) is 10.0 Å². The van der Waals surface area contributed by atoms with Gasteiger partial charge in [-0.25, -0.2) is 12.8 Å². The van der Waals surface area contributed by atoms with Crippen LogP contribution in [0.2, 0.25) is 0 Å². The van der Waals surface area contributed by atoms with Gasteiger partial charge in [0.2, 0.25) is 0 Å². The minimum atomic E-state index is -3.76. The molecular weight excluding hydrogens is 405 g/mol. The van der Waals surface area contributed by atoms with Crippen LogP contribution in [0.1, 0.15) is 15.2 Å². The maximum absolute atomic E-state index is 13.3. The minimum absolute atomic E-state index is 0.0168. The van der Waals surface area contributed by atoms with Gasteiger partial charge in [0.15, 0.2) is 0 Å². The first-order valence-corrected chi connectivity index (χ1v) is 9.46. The van der Waals surface area contributed by atoms with Gasteiger partial charge in [-0.05, 0) is 46.3 Å². The highest BCUT2D eigenvalue weighted by Gasteiger charge is 2.14. The van der Waals surface area contributed by atoms with Crippen molar-refractivity contribution in [2.75, 3.05) is 0 Å². The Morgan fingerprint density at radius 1 is 1.33 bits per heavy atom. The molecule has 0 atom stereocenters. The van der Waals surface area contributed by atoms with Crippen molar-refractivity contribution in [3.63, 3.8) is 0 Å². The first-order valence-electron chi connectivity index (χ1n) is 5.54. The molecule has 4 nitrogen and oxygen atoms in total. The number of halogens is 3. The summed E-state index contributed by atoms with van der Waals surface area (Å²) in [7, 11) is 1.45. The van der Waals surface area contributed by atoms with Gasteiger partial charge in [0.05, 0.1) is 11.0 Å². The molecule has 2 aromatic rings. The Bertz CT molecular complexity index is 792. The van der Waals surface area contributed by atoms with Crippen molar-refractivity contribution in [1.29, 1.82) is 0 Å². The molecule has 0 aliphatic heterocycles. The van der Waals surface area contributed by atoms with Crippen molar-refractivity contribution in [2.24, 2.45) is 0 Å². The lowest BCUT2D eigenvalue weighted by molar-refractivity contribution is 0.0951. The molecule has 0 fully saturated rings. The lowest BCUT2D eigenvalue weighted by atomic mass is 10.2. The smallest absolute Gasteiger partial charge is 0.270 e. The third-order valence-corrected chi connectivity index (χ3v) is 6.30. The molecule has 1 amide bonds. The largest absolute Gasteiger partial charge is 0.347 e. The van der Waals surface area contributed by atoms with Crippen LogP contribution < -0.4 is 5.32 Å². The number of hydrogen-bond acceptors (Lipinski definition) is 4. The first-order chi connectivity index (χ1) is 9.77. The van der Waals surface area contributed by atoms with Gasteiger partial charge in [-0.3, -0.25) is 4.79 Å². The summed E-state index contributed by atoms with van der Waals surface area (Å²) in [6.07, 6.45) is 0. The van der Waals surface area contributed by atoms with Crippen LogP contribution in [0.25, 0.3) is 0 Å². The third kappa shape index (κ3) is 4.26. The van der Waals surface area contributed by atoms with Crippen LogP contribution in [0.4, 0.5) is 4.39 Å². The lowest BCUT2D eigenvalue weighted by Crippen LogP contribution is -2.22. The van der Waals surface area contributed by atoms with Gasteiger partial charge in [0, 0.05) is 21.1 Å². The maximum atomic E-state index is 13.3. The number of benzene rings is 1. The predicted octanol–water partition coefficient (Wildman–Crippen LogP) is 3.51. The van der Waals surface area contributed by atoms with Crippen molar-refractivity contribution in [3.05, 3.63) is 51.1 Å². The van der Waals surface area contributed by atoms with E-state index in [1.807, 2.05) is 0 Å². The van der Waals surface area contributed by atoms with Gasteiger partial charge in [-0.15, -0.1) is 11.3 Å². The van der Waals surface area contributed by atoms with E-state index in [2.05, 4.69) is 21.2 Å². The van der Waals surface area contributed by atoms with Crippen molar-refractivity contribution < 1.29 is 17.6 Å². The summed E-state index contributed by atoms with van der Waals surface area (Å²) in [6, 6.07) is 6.96. The van der Waals surface area contributed by atoms with Crippen LogP contribution >= 0.6 is 37.9 Å². The van der Waals surface area contributed by atoms with E-state index in [1.54, 1.807) is 6.07 Å². The van der Waals surface area contributed by atoms with Crippen molar-refractivity contribution >= 4 is 52.9 Å². The molecular formula is C12H8BrClFNO3S2. The Labute approximate surface area is 137 Å². The molecule has 1 aromatic heterocycles. The maximum Gasteiger partial charge on any atom is 0.270 e. The number of rotatable bonds is 4. The predicted molar refractivity (Wildman–Crippen MR) is 82.6 cm³/mol. The van der Waals surface area contributed by atoms with Crippen molar-refractivity contribution in [2.45, 2.75) is 10.8 Å². The normalized spacial score (nSPS) is 11.4. The van der Waals surface area contributed by atoms with E-state index >= 15 is 0 Å². The van der Waals surface area contributed by atoms with E-state index in [4.69, 9.17) is 10.7 Å². The molecule has 0 aliphatic carbocycles. The highest BCUT2D eigenvalue weighted by Crippen LogP contribution is 2.24. The Morgan fingerprint density at radius 3 is 2.62 bits per heavy atom. The average molecular weight is 413 g/mol. The fraction of sp³-hybridized carbons (Fsp3) is 0.0833. The highest BCUT2D eigenvalue weighted by atomic mass is 79.9. The summed E-state index contributed by atoms with van der Waals surface area (Å²) in [5.41, 5.74) is 0.178. The number of carbonyl (C=O) groups excluding carboxylic acids is 1. The summed E-state index contributed by atoms with van der Waals surface area (Å²) in [5, 5.41) is 2.58. The molecule has 0 spiro atoms. The van der Waals surface area contributed by atoms with E-state index < -0.39 is 20.8 Å². The molecule has 0 saturated carbocycles. The summed E-state index contributed by atoms with van der Waals surface area (Å²) >= 11 is 3.97. The Morgan fingerprint density at radius 2 is 2.05 bits per heavy atom. The number of carbonyl (C=O) groups is 1. The van der Waals surface area contributed by atoms with E-state index in [1.165, 1.54) is 18.2 Å². The van der Waals surface area contributed by atoms with Gasteiger partial charge < -0.3 is 5.32 Å². The molecule has 1 heterocycles. The fourth-order valence-electron chi connectivity index (χ4n) is 1.49. The average Bonchev–Trinajstić information content (AvgIpc) is 2.88. The van der Waals surface area contributed by atoms with Gasteiger partial charge in [-0.2, -0.15) is 0 Å². The molecule has 0 bridgehead atoms. The van der Waals surface area contributed by atoms with Crippen LogP contribution in [0.15, 0.2) is 39.0 Å². The molecule has 0 saturated heterocycles. The van der Waals surface area contributed by atoms with Crippen LogP contribution in [-0.2, 0) is 15.6 Å². The summed E-state index contributed by atoms with van der Waals surface area (Å²) < 4.78 is 35.9. The number of nitrogens with one attached hydrogen (secondary N) is 1. The first kappa shape index (κ1) is 16.4. The summed E-state index contributed by atoms with van der Waals surface area (Å²) in [6.45, 7) is 0.133. The van der Waals surface area contributed by atoms with E-state index in [0.717, 1.165) is 17.4 Å². The SMILES string of the molecule is O=C(NCc1ccc(S(=O)(=O)Cl)s1)c1ccc(Br)c(F)c1. The quantitative estimate of drug-likeness (QED) is 0.782. The van der Waals surface area contributed by atoms with Gasteiger partial charge in [-0.1, -0.05) is 0 Å². The van der Waals surface area contributed by atoms with Crippen LogP contribution in [0.3, 0.4) is 0 Å². The van der Waals surface area contributed by atoms with E-state index in [-0.39, 0.29) is 20.8 Å². The molecule has 2 rings (SSSR count). The number of amides is 1. The van der Waals surface area contributed by atoms with Crippen LogP contribution in [-0.4, -0.2) is 14.3 Å². The minimum Gasteiger partial charge on any atom is -0.347 e. The molecule has 1 N–H and O–H groups in total. The van der Waals surface area contributed by atoms with E-state index in [0.29, 0.717) is 4.88 Å². The second-order valence-electron chi connectivity index (χ2n) is 3.97.